The van der Waals surface area contributed by atoms with Crippen LogP contribution in [0, 0.1) is 13.8 Å². The molecule has 28 heavy (non-hydrogen) atoms. The van der Waals surface area contributed by atoms with Crippen LogP contribution >= 0.6 is 0 Å². The fraction of sp³-hybridized carbons (Fsp3) is 0.409. The van der Waals surface area contributed by atoms with Crippen molar-refractivity contribution in [1.82, 2.24) is 5.32 Å². The van der Waals surface area contributed by atoms with Crippen LogP contribution < -0.4 is 9.62 Å². The van der Waals surface area contributed by atoms with Gasteiger partial charge >= 0.3 is 0 Å². The molecule has 1 amide bonds. The molecule has 0 unspecified atom stereocenters. The van der Waals surface area contributed by atoms with Gasteiger partial charge in [0.2, 0.25) is 15.9 Å². The number of amides is 1. The molecule has 1 N–H and O–H groups in total. The zero-order valence-corrected chi connectivity index (χ0v) is 17.9. The van der Waals surface area contributed by atoms with Gasteiger partial charge in [0.25, 0.3) is 0 Å². The van der Waals surface area contributed by atoms with Gasteiger partial charge in [-0.3, -0.25) is 9.10 Å². The first-order valence-electron chi connectivity index (χ1n) is 9.55. The Morgan fingerprint density at radius 2 is 1.79 bits per heavy atom. The minimum Gasteiger partial charge on any atom is -0.356 e. The van der Waals surface area contributed by atoms with Crippen molar-refractivity contribution >= 4 is 21.6 Å². The van der Waals surface area contributed by atoms with Gasteiger partial charge in [-0.2, -0.15) is 0 Å². The van der Waals surface area contributed by atoms with Crippen LogP contribution in [0.15, 0.2) is 48.5 Å². The normalized spacial score (nSPS) is 12.4. The van der Waals surface area contributed by atoms with Crippen molar-refractivity contribution in [3.8, 4) is 0 Å². The number of hydrogen-bond acceptors (Lipinski definition) is 3. The molecule has 0 fully saturated rings. The lowest BCUT2D eigenvalue weighted by atomic mass is 10.0. The Bertz CT molecular complexity index is 895. The molecule has 2 aromatic carbocycles. The van der Waals surface area contributed by atoms with E-state index in [0.717, 1.165) is 11.1 Å². The van der Waals surface area contributed by atoms with Crippen LogP contribution in [0.25, 0.3) is 0 Å². The summed E-state index contributed by atoms with van der Waals surface area (Å²) >= 11 is 0. The largest absolute Gasteiger partial charge is 0.356 e. The highest BCUT2D eigenvalue weighted by Gasteiger charge is 2.19. The van der Waals surface area contributed by atoms with E-state index in [4.69, 9.17) is 0 Å². The monoisotopic (exact) mass is 402 g/mol. The third-order valence-corrected chi connectivity index (χ3v) is 5.94. The molecular formula is C22H30N2O3S. The molecule has 0 aliphatic carbocycles. The number of nitrogens with zero attached hydrogens (tertiary/aromatic N) is 1. The fourth-order valence-electron chi connectivity index (χ4n) is 3.19. The van der Waals surface area contributed by atoms with Crippen LogP contribution in [0.2, 0.25) is 0 Å². The summed E-state index contributed by atoms with van der Waals surface area (Å²) in [6.45, 7) is 6.79. The number of rotatable bonds is 9. The van der Waals surface area contributed by atoms with E-state index in [-0.39, 0.29) is 18.4 Å². The van der Waals surface area contributed by atoms with Crippen molar-refractivity contribution in [1.29, 1.82) is 0 Å². The number of nitrogens with one attached hydrogen (secondary N) is 1. The smallest absolute Gasteiger partial charge is 0.232 e. The van der Waals surface area contributed by atoms with Crippen molar-refractivity contribution in [3.63, 3.8) is 0 Å². The second kappa shape index (κ2) is 9.73. The predicted octanol–water partition coefficient (Wildman–Crippen LogP) is 3.77. The molecule has 1 atom stereocenters. The number of anilines is 1. The van der Waals surface area contributed by atoms with Crippen molar-refractivity contribution in [3.05, 3.63) is 65.2 Å². The first kappa shape index (κ1) is 22.0. The van der Waals surface area contributed by atoms with Crippen molar-refractivity contribution in [2.24, 2.45) is 0 Å². The van der Waals surface area contributed by atoms with Crippen LogP contribution in [0.4, 0.5) is 5.69 Å². The zero-order chi connectivity index (χ0) is 20.7. The molecule has 0 saturated heterocycles. The number of aryl methyl sites for hydroxylation is 2. The lowest BCUT2D eigenvalue weighted by molar-refractivity contribution is -0.121. The second-order valence-corrected chi connectivity index (χ2v) is 9.25. The summed E-state index contributed by atoms with van der Waals surface area (Å²) in [6, 6.07) is 15.7. The van der Waals surface area contributed by atoms with Gasteiger partial charge in [-0.1, -0.05) is 55.0 Å². The maximum atomic E-state index is 12.2. The highest BCUT2D eigenvalue weighted by molar-refractivity contribution is 7.92. The average molecular weight is 403 g/mol. The van der Waals surface area contributed by atoms with Gasteiger partial charge < -0.3 is 5.32 Å². The summed E-state index contributed by atoms with van der Waals surface area (Å²) in [7, 11) is -3.41. The molecule has 2 rings (SSSR count). The number of sulfonamides is 1. The van der Waals surface area contributed by atoms with E-state index >= 15 is 0 Å². The van der Waals surface area contributed by atoms with E-state index in [1.807, 2.05) is 62.4 Å². The molecular weight excluding hydrogens is 372 g/mol. The molecule has 2 aromatic rings. The second-order valence-electron chi connectivity index (χ2n) is 7.34. The van der Waals surface area contributed by atoms with Gasteiger partial charge in [-0.05, 0) is 43.4 Å². The summed E-state index contributed by atoms with van der Waals surface area (Å²) in [5.74, 6) is 0.171. The summed E-state index contributed by atoms with van der Waals surface area (Å²) in [5.41, 5.74) is 3.85. The molecule has 0 aliphatic heterocycles. The fourth-order valence-corrected chi connectivity index (χ4v) is 4.21. The van der Waals surface area contributed by atoms with E-state index in [1.165, 1.54) is 16.1 Å². The zero-order valence-electron chi connectivity index (χ0n) is 17.1. The Balaban J connectivity index is 1.89. The minimum atomic E-state index is -3.41. The highest BCUT2D eigenvalue weighted by atomic mass is 32.2. The average Bonchev–Trinajstić information content (AvgIpc) is 2.64. The van der Waals surface area contributed by atoms with Gasteiger partial charge in [0.05, 0.1) is 11.9 Å². The van der Waals surface area contributed by atoms with Crippen molar-refractivity contribution in [2.45, 2.75) is 39.5 Å². The van der Waals surface area contributed by atoms with Gasteiger partial charge in [0.1, 0.15) is 0 Å². The predicted molar refractivity (Wildman–Crippen MR) is 115 cm³/mol. The molecule has 0 heterocycles. The quantitative estimate of drug-likeness (QED) is 0.694. The number of carbonyl (C=O) groups is 1. The summed E-state index contributed by atoms with van der Waals surface area (Å²) in [4.78, 5) is 12.2. The summed E-state index contributed by atoms with van der Waals surface area (Å²) < 4.78 is 25.9. The van der Waals surface area contributed by atoms with E-state index in [2.05, 4.69) is 12.2 Å². The van der Waals surface area contributed by atoms with E-state index in [0.29, 0.717) is 25.1 Å². The maximum absolute atomic E-state index is 12.2. The summed E-state index contributed by atoms with van der Waals surface area (Å²) in [5, 5.41) is 2.95. The molecule has 0 radical (unpaired) electrons. The van der Waals surface area contributed by atoms with Crippen LogP contribution in [-0.2, 0) is 14.8 Å². The third-order valence-electron chi connectivity index (χ3n) is 4.76. The molecule has 0 aliphatic rings. The minimum absolute atomic E-state index is 0.0585. The Labute approximate surface area is 168 Å². The van der Waals surface area contributed by atoms with Gasteiger partial charge in [0, 0.05) is 19.5 Å². The number of hydrogen-bond donors (Lipinski definition) is 1. The standard InChI is InChI=1S/C22H30N2O3S/c1-17-12-13-21(18(2)15-17)24(28(4,26)27)14-8-11-22(25)23-16-19(3)20-9-6-5-7-10-20/h5-7,9-10,12-13,15,19H,8,11,14,16H2,1-4H3,(H,23,25)/t19-/m0/s1. The van der Waals surface area contributed by atoms with Crippen molar-refractivity contribution in [2.75, 3.05) is 23.7 Å². The highest BCUT2D eigenvalue weighted by Crippen LogP contribution is 2.24. The molecule has 0 spiro atoms. The van der Waals surface area contributed by atoms with E-state index < -0.39 is 10.0 Å². The van der Waals surface area contributed by atoms with Crippen LogP contribution in [0.1, 0.15) is 42.4 Å². The molecule has 0 bridgehead atoms. The van der Waals surface area contributed by atoms with Gasteiger partial charge in [-0.15, -0.1) is 0 Å². The van der Waals surface area contributed by atoms with Gasteiger partial charge in [0.15, 0.2) is 0 Å². The SMILES string of the molecule is Cc1ccc(N(CCCC(=O)NC[C@H](C)c2ccccc2)S(C)(=O)=O)c(C)c1. The summed E-state index contributed by atoms with van der Waals surface area (Å²) in [6.07, 6.45) is 1.96. The van der Waals surface area contributed by atoms with Gasteiger partial charge in [-0.25, -0.2) is 8.42 Å². The third kappa shape index (κ3) is 6.37. The topological polar surface area (TPSA) is 66.5 Å². The Kier molecular flexibility index (Phi) is 7.63. The lowest BCUT2D eigenvalue weighted by Gasteiger charge is -2.24. The number of carbonyl (C=O) groups excluding carboxylic acids is 1. The molecule has 6 heteroatoms. The molecule has 0 aromatic heterocycles. The van der Waals surface area contributed by atoms with E-state index in [9.17, 15) is 13.2 Å². The lowest BCUT2D eigenvalue weighted by Crippen LogP contribution is -2.33. The van der Waals surface area contributed by atoms with Crippen LogP contribution in [0.3, 0.4) is 0 Å². The number of benzene rings is 2. The van der Waals surface area contributed by atoms with Crippen LogP contribution in [-0.4, -0.2) is 33.7 Å². The van der Waals surface area contributed by atoms with Crippen LogP contribution in [0.5, 0.6) is 0 Å². The molecule has 152 valence electrons. The Morgan fingerprint density at radius 1 is 1.11 bits per heavy atom. The molecule has 5 nitrogen and oxygen atoms in total. The Morgan fingerprint density at radius 3 is 2.39 bits per heavy atom. The first-order chi connectivity index (χ1) is 13.2. The first-order valence-corrected chi connectivity index (χ1v) is 11.4. The van der Waals surface area contributed by atoms with Crippen molar-refractivity contribution < 1.29 is 13.2 Å². The van der Waals surface area contributed by atoms with E-state index in [1.54, 1.807) is 0 Å². The maximum Gasteiger partial charge on any atom is 0.232 e. The molecule has 0 saturated carbocycles. The Hall–Kier alpha value is -2.34.